The number of thiophene rings is 1. The molecule has 2 heterocycles. The normalized spacial score (nSPS) is 21.8. The molecule has 1 aromatic carbocycles. The fraction of sp³-hybridized carbons (Fsp3) is 0.467. The van der Waals surface area contributed by atoms with Crippen LogP contribution in [0.3, 0.4) is 0 Å². The smallest absolute Gasteiger partial charge is 0.151 e. The number of fused-ring (bicyclic) bond motifs is 1. The van der Waals surface area contributed by atoms with Crippen molar-refractivity contribution in [3.8, 4) is 0 Å². The van der Waals surface area contributed by atoms with Gasteiger partial charge in [0, 0.05) is 17.3 Å². The van der Waals surface area contributed by atoms with E-state index in [0.29, 0.717) is 11.5 Å². The Balaban J connectivity index is 1.82. The SMILES string of the molecule is CCN(Cc1csc2ccccc12)[C@@H]1CCS(=O)(=O)C1. The van der Waals surface area contributed by atoms with E-state index in [2.05, 4.69) is 41.5 Å². The molecule has 1 fully saturated rings. The zero-order valence-electron chi connectivity index (χ0n) is 11.6. The van der Waals surface area contributed by atoms with Gasteiger partial charge in [-0.2, -0.15) is 0 Å². The van der Waals surface area contributed by atoms with E-state index in [1.54, 1.807) is 11.3 Å². The number of nitrogens with zero attached hydrogens (tertiary/aromatic N) is 1. The molecule has 0 saturated carbocycles. The highest BCUT2D eigenvalue weighted by molar-refractivity contribution is 7.91. The first kappa shape index (κ1) is 14.0. The number of sulfone groups is 1. The van der Waals surface area contributed by atoms with Crippen LogP contribution in [0.5, 0.6) is 0 Å². The maximum atomic E-state index is 11.7. The molecule has 5 heteroatoms. The zero-order chi connectivity index (χ0) is 14.2. The highest BCUT2D eigenvalue weighted by Crippen LogP contribution is 2.28. The number of rotatable bonds is 4. The molecule has 0 radical (unpaired) electrons. The Hall–Kier alpha value is -0.910. The Kier molecular flexibility index (Phi) is 3.84. The predicted molar refractivity (Wildman–Crippen MR) is 85.0 cm³/mol. The highest BCUT2D eigenvalue weighted by atomic mass is 32.2. The Labute approximate surface area is 124 Å². The van der Waals surface area contributed by atoms with Crippen LogP contribution in [0.2, 0.25) is 0 Å². The van der Waals surface area contributed by atoms with Crippen molar-refractivity contribution in [1.29, 1.82) is 0 Å². The van der Waals surface area contributed by atoms with Crippen LogP contribution in [-0.2, 0) is 16.4 Å². The number of hydrogen-bond donors (Lipinski definition) is 0. The van der Waals surface area contributed by atoms with Crippen molar-refractivity contribution in [3.05, 3.63) is 35.2 Å². The molecule has 1 aromatic heterocycles. The minimum Gasteiger partial charge on any atom is -0.295 e. The second kappa shape index (κ2) is 5.47. The van der Waals surface area contributed by atoms with Gasteiger partial charge in [0.2, 0.25) is 0 Å². The average Bonchev–Trinajstić information content (AvgIpc) is 2.99. The fourth-order valence-electron chi connectivity index (χ4n) is 2.94. The first-order valence-corrected chi connectivity index (χ1v) is 9.69. The maximum Gasteiger partial charge on any atom is 0.151 e. The summed E-state index contributed by atoms with van der Waals surface area (Å²) in [6.45, 7) is 3.85. The molecule has 1 aliphatic rings. The number of hydrogen-bond acceptors (Lipinski definition) is 4. The van der Waals surface area contributed by atoms with E-state index in [0.717, 1.165) is 19.5 Å². The van der Waals surface area contributed by atoms with Crippen LogP contribution in [0.15, 0.2) is 29.6 Å². The summed E-state index contributed by atoms with van der Waals surface area (Å²) in [6.07, 6.45) is 0.776. The third kappa shape index (κ3) is 2.75. The third-order valence-corrected chi connectivity index (χ3v) is 6.83. The minimum atomic E-state index is -2.81. The molecular weight excluding hydrogens is 290 g/mol. The van der Waals surface area contributed by atoms with Crippen LogP contribution in [0.4, 0.5) is 0 Å². The van der Waals surface area contributed by atoms with Gasteiger partial charge in [-0.15, -0.1) is 11.3 Å². The molecule has 0 spiro atoms. The van der Waals surface area contributed by atoms with Gasteiger partial charge in [-0.05, 0) is 35.4 Å². The predicted octanol–water partition coefficient (Wildman–Crippen LogP) is 2.91. The highest BCUT2D eigenvalue weighted by Gasteiger charge is 2.31. The van der Waals surface area contributed by atoms with E-state index in [1.165, 1.54) is 15.6 Å². The van der Waals surface area contributed by atoms with Crippen LogP contribution in [0, 0.1) is 0 Å². The molecule has 0 aliphatic carbocycles. The Bertz CT molecular complexity index is 705. The summed E-state index contributed by atoms with van der Waals surface area (Å²) in [5.41, 5.74) is 1.32. The van der Waals surface area contributed by atoms with E-state index in [4.69, 9.17) is 0 Å². The van der Waals surface area contributed by atoms with Gasteiger partial charge >= 0.3 is 0 Å². The summed E-state index contributed by atoms with van der Waals surface area (Å²) < 4.78 is 24.6. The molecule has 3 nitrogen and oxygen atoms in total. The summed E-state index contributed by atoms with van der Waals surface area (Å²) in [7, 11) is -2.81. The average molecular weight is 309 g/mol. The van der Waals surface area contributed by atoms with Gasteiger partial charge in [-0.1, -0.05) is 25.1 Å². The van der Waals surface area contributed by atoms with Gasteiger partial charge in [0.1, 0.15) is 0 Å². The minimum absolute atomic E-state index is 0.184. The largest absolute Gasteiger partial charge is 0.295 e. The van der Waals surface area contributed by atoms with E-state index in [-0.39, 0.29) is 6.04 Å². The lowest BCUT2D eigenvalue weighted by Gasteiger charge is -2.26. The van der Waals surface area contributed by atoms with Crippen LogP contribution >= 0.6 is 11.3 Å². The fourth-order valence-corrected chi connectivity index (χ4v) is 5.65. The molecule has 1 atom stereocenters. The topological polar surface area (TPSA) is 37.4 Å². The van der Waals surface area contributed by atoms with E-state index in [9.17, 15) is 8.42 Å². The maximum absolute atomic E-state index is 11.7. The molecule has 3 rings (SSSR count). The zero-order valence-corrected chi connectivity index (χ0v) is 13.2. The van der Waals surface area contributed by atoms with Gasteiger partial charge in [-0.25, -0.2) is 8.42 Å². The Morgan fingerprint density at radius 2 is 2.15 bits per heavy atom. The summed E-state index contributed by atoms with van der Waals surface area (Å²) in [5, 5.41) is 3.51. The van der Waals surface area contributed by atoms with Crippen LogP contribution < -0.4 is 0 Å². The molecule has 108 valence electrons. The molecule has 0 N–H and O–H groups in total. The standard InChI is InChI=1S/C15H19NO2S2/c1-2-16(13-7-8-20(17,18)11-13)9-12-10-19-15-6-4-3-5-14(12)15/h3-6,10,13H,2,7-9,11H2,1H3/t13-/m1/s1. The van der Waals surface area contributed by atoms with E-state index < -0.39 is 9.84 Å². The number of benzene rings is 1. The van der Waals surface area contributed by atoms with Crippen molar-refractivity contribution < 1.29 is 8.42 Å². The third-order valence-electron chi connectivity index (χ3n) is 4.07. The Morgan fingerprint density at radius 1 is 1.35 bits per heavy atom. The molecule has 1 aliphatic heterocycles. The first-order chi connectivity index (χ1) is 9.59. The molecule has 20 heavy (non-hydrogen) atoms. The van der Waals surface area contributed by atoms with E-state index >= 15 is 0 Å². The van der Waals surface area contributed by atoms with Gasteiger partial charge < -0.3 is 0 Å². The van der Waals surface area contributed by atoms with Gasteiger partial charge in [0.05, 0.1) is 11.5 Å². The molecule has 0 amide bonds. The molecule has 0 bridgehead atoms. The Morgan fingerprint density at radius 3 is 2.85 bits per heavy atom. The van der Waals surface area contributed by atoms with E-state index in [1.807, 2.05) is 0 Å². The molecule has 1 saturated heterocycles. The first-order valence-electron chi connectivity index (χ1n) is 6.98. The van der Waals surface area contributed by atoms with Crippen molar-refractivity contribution in [3.63, 3.8) is 0 Å². The summed E-state index contributed by atoms with van der Waals surface area (Å²) >= 11 is 1.76. The van der Waals surface area contributed by atoms with Crippen LogP contribution in [0.25, 0.3) is 10.1 Å². The summed E-state index contributed by atoms with van der Waals surface area (Å²) in [5.74, 6) is 0.668. The van der Waals surface area contributed by atoms with Gasteiger partial charge in [0.15, 0.2) is 9.84 Å². The van der Waals surface area contributed by atoms with Gasteiger partial charge in [-0.3, -0.25) is 4.90 Å². The second-order valence-corrected chi connectivity index (χ2v) is 8.52. The van der Waals surface area contributed by atoms with Crippen LogP contribution in [0.1, 0.15) is 18.9 Å². The van der Waals surface area contributed by atoms with Crippen molar-refractivity contribution in [2.45, 2.75) is 25.9 Å². The van der Waals surface area contributed by atoms with Gasteiger partial charge in [0.25, 0.3) is 0 Å². The lowest BCUT2D eigenvalue weighted by atomic mass is 10.1. The van der Waals surface area contributed by atoms with Crippen molar-refractivity contribution in [2.75, 3.05) is 18.1 Å². The van der Waals surface area contributed by atoms with Crippen molar-refractivity contribution in [1.82, 2.24) is 4.90 Å². The molecule has 0 unspecified atom stereocenters. The van der Waals surface area contributed by atoms with Crippen molar-refractivity contribution in [2.24, 2.45) is 0 Å². The quantitative estimate of drug-likeness (QED) is 0.871. The lowest BCUT2D eigenvalue weighted by Crippen LogP contribution is -2.35. The van der Waals surface area contributed by atoms with Crippen LogP contribution in [-0.4, -0.2) is 37.4 Å². The summed E-state index contributed by atoms with van der Waals surface area (Å²) in [6, 6.07) is 8.60. The molecule has 2 aromatic rings. The van der Waals surface area contributed by atoms with Crippen molar-refractivity contribution >= 4 is 31.3 Å². The molecular formula is C15H19NO2S2. The summed E-state index contributed by atoms with van der Waals surface area (Å²) in [4.78, 5) is 2.30. The monoisotopic (exact) mass is 309 g/mol. The second-order valence-electron chi connectivity index (χ2n) is 5.38. The lowest BCUT2D eigenvalue weighted by molar-refractivity contribution is 0.216.